The number of sulfonamides is 1. The summed E-state index contributed by atoms with van der Waals surface area (Å²) in [5, 5.41) is 24.5. The normalized spacial score (nSPS) is 14.5. The van der Waals surface area contributed by atoms with E-state index >= 15 is 0 Å². The van der Waals surface area contributed by atoms with Crippen molar-refractivity contribution in [2.45, 2.75) is 32.8 Å². The van der Waals surface area contributed by atoms with Gasteiger partial charge in [-0.25, -0.2) is 8.42 Å². The average molecular weight is 528 g/mol. The highest BCUT2D eigenvalue weighted by Gasteiger charge is 2.25. The van der Waals surface area contributed by atoms with E-state index in [1.54, 1.807) is 55.5 Å². The number of hydrogen-bond acceptors (Lipinski definition) is 6. The second kappa shape index (κ2) is 11.9. The first kappa shape index (κ1) is 27.7. The zero-order chi connectivity index (χ0) is 27.2. The van der Waals surface area contributed by atoms with Gasteiger partial charge in [-0.15, -0.1) is 0 Å². The van der Waals surface area contributed by atoms with Gasteiger partial charge in [-0.05, 0) is 61.4 Å². The summed E-state index contributed by atoms with van der Waals surface area (Å²) in [5.41, 5.74) is 8.12. The van der Waals surface area contributed by atoms with Gasteiger partial charge in [-0.3, -0.25) is 19.9 Å². The molecule has 0 amide bonds. The molecule has 0 radical (unpaired) electrons. The molecule has 11 heteroatoms. The second-order valence-corrected chi connectivity index (χ2v) is 10.9. The first-order valence-electron chi connectivity index (χ1n) is 11.9. The van der Waals surface area contributed by atoms with Crippen molar-refractivity contribution in [3.8, 4) is 5.75 Å². The highest BCUT2D eigenvalue weighted by atomic mass is 32.2. The molecular weight excluding hydrogens is 494 g/mol. The molecule has 3 rings (SSSR count). The number of rotatable bonds is 10. The quantitative estimate of drug-likeness (QED) is 0.273. The Morgan fingerprint density at radius 3 is 2.41 bits per heavy atom. The van der Waals surface area contributed by atoms with Gasteiger partial charge in [0.1, 0.15) is 17.7 Å². The zero-order valence-electron chi connectivity index (χ0n) is 21.0. The lowest BCUT2D eigenvalue weighted by molar-refractivity contribution is -0.134. The largest absolute Gasteiger partial charge is 0.490 e. The number of likely N-dealkylation sites (tertiary alicyclic amines) is 1. The number of benzene rings is 2. The summed E-state index contributed by atoms with van der Waals surface area (Å²) in [6.45, 7) is 5.06. The number of amidine groups is 2. The van der Waals surface area contributed by atoms with E-state index in [9.17, 15) is 13.2 Å². The molecule has 1 saturated heterocycles. The van der Waals surface area contributed by atoms with Crippen LogP contribution in [-0.2, 0) is 14.8 Å². The molecular formula is C26H33N5O5S. The number of carbonyl (C=O) groups is 1. The Morgan fingerprint density at radius 1 is 1.19 bits per heavy atom. The number of nitrogens with zero attached hydrogens (tertiary/aromatic N) is 2. The first-order chi connectivity index (χ1) is 17.4. The van der Waals surface area contributed by atoms with E-state index in [-0.39, 0.29) is 18.5 Å². The van der Waals surface area contributed by atoms with E-state index in [1.165, 1.54) is 0 Å². The lowest BCUT2D eigenvalue weighted by Gasteiger charge is -2.32. The number of anilines is 1. The summed E-state index contributed by atoms with van der Waals surface area (Å²) >= 11 is 0. The van der Waals surface area contributed by atoms with Crippen molar-refractivity contribution in [1.29, 1.82) is 10.8 Å². The third-order valence-corrected chi connectivity index (χ3v) is 7.62. The maximum Gasteiger partial charge on any atom is 0.320 e. The summed E-state index contributed by atoms with van der Waals surface area (Å²) in [5.74, 6) is -1.41. The molecule has 0 bridgehead atoms. The van der Waals surface area contributed by atoms with E-state index in [1.807, 2.05) is 17.9 Å². The fraction of sp³-hybridized carbons (Fsp3) is 0.346. The van der Waals surface area contributed by atoms with E-state index in [0.717, 1.165) is 41.4 Å². The van der Waals surface area contributed by atoms with Crippen molar-refractivity contribution >= 4 is 39.4 Å². The second-order valence-electron chi connectivity index (χ2n) is 9.01. The van der Waals surface area contributed by atoms with E-state index < -0.39 is 21.7 Å². The van der Waals surface area contributed by atoms with Gasteiger partial charge in [0.2, 0.25) is 10.0 Å². The minimum Gasteiger partial charge on any atom is -0.490 e. The van der Waals surface area contributed by atoms with Crippen molar-refractivity contribution in [3.05, 3.63) is 65.2 Å². The van der Waals surface area contributed by atoms with Crippen LogP contribution in [0.3, 0.4) is 0 Å². The molecule has 1 aliphatic heterocycles. The predicted octanol–water partition coefficient (Wildman–Crippen LogP) is 3.05. The van der Waals surface area contributed by atoms with Crippen molar-refractivity contribution in [2.75, 3.05) is 29.7 Å². The lowest BCUT2D eigenvalue weighted by atomic mass is 10.1. The lowest BCUT2D eigenvalue weighted by Crippen LogP contribution is -2.40. The Bertz CT molecular complexity index is 1280. The van der Waals surface area contributed by atoms with Gasteiger partial charge in [0.15, 0.2) is 5.75 Å². The number of nitrogens with one attached hydrogen (secondary N) is 2. The van der Waals surface area contributed by atoms with Gasteiger partial charge in [0.25, 0.3) is 0 Å². The van der Waals surface area contributed by atoms with E-state index in [0.29, 0.717) is 22.8 Å². The summed E-state index contributed by atoms with van der Waals surface area (Å²) in [6, 6.07) is 11.9. The maximum atomic E-state index is 12.9. The van der Waals surface area contributed by atoms with Crippen LogP contribution in [0.5, 0.6) is 5.75 Å². The smallest absolute Gasteiger partial charge is 0.320 e. The van der Waals surface area contributed by atoms with Crippen LogP contribution >= 0.6 is 0 Å². The van der Waals surface area contributed by atoms with Gasteiger partial charge in [0, 0.05) is 31.5 Å². The van der Waals surface area contributed by atoms with Crippen LogP contribution in [0.4, 0.5) is 5.69 Å². The van der Waals surface area contributed by atoms with Crippen LogP contribution in [0.2, 0.25) is 0 Å². The zero-order valence-corrected chi connectivity index (χ0v) is 21.8. The third-order valence-electron chi connectivity index (χ3n) is 5.98. The fourth-order valence-corrected chi connectivity index (χ4v) is 5.38. The molecule has 2 aromatic rings. The minimum absolute atomic E-state index is 0.00505. The molecule has 10 nitrogen and oxygen atoms in total. The molecule has 1 heterocycles. The molecule has 2 aromatic carbocycles. The molecule has 5 N–H and O–H groups in total. The van der Waals surface area contributed by atoms with Crippen LogP contribution in [0.25, 0.3) is 6.08 Å². The number of aryl methyl sites for hydroxylation is 1. The molecule has 1 fully saturated rings. The van der Waals surface area contributed by atoms with Crippen LogP contribution in [0.1, 0.15) is 36.5 Å². The van der Waals surface area contributed by atoms with E-state index in [2.05, 4.69) is 0 Å². The van der Waals surface area contributed by atoms with Crippen LogP contribution in [0.15, 0.2) is 48.5 Å². The molecule has 1 aliphatic rings. The molecule has 0 spiro atoms. The van der Waals surface area contributed by atoms with Gasteiger partial charge in [-0.2, -0.15) is 0 Å². The number of ether oxygens (including phenoxy) is 1. The number of carboxylic acids is 1. The number of nitrogens with two attached hydrogens (primary N) is 1. The molecule has 198 valence electrons. The number of nitrogen functional groups attached to an aromatic ring is 1. The van der Waals surface area contributed by atoms with Gasteiger partial charge >= 0.3 is 5.97 Å². The molecule has 37 heavy (non-hydrogen) atoms. The van der Waals surface area contributed by atoms with Crippen molar-refractivity contribution in [2.24, 2.45) is 5.73 Å². The Balaban J connectivity index is 1.76. The van der Waals surface area contributed by atoms with Crippen molar-refractivity contribution < 1.29 is 23.1 Å². The third kappa shape index (κ3) is 7.81. The van der Waals surface area contributed by atoms with Crippen molar-refractivity contribution in [1.82, 2.24) is 4.90 Å². The summed E-state index contributed by atoms with van der Waals surface area (Å²) in [6.07, 6.45) is 4.91. The monoisotopic (exact) mass is 527 g/mol. The summed E-state index contributed by atoms with van der Waals surface area (Å²) in [7, 11) is -4.15. The van der Waals surface area contributed by atoms with Crippen LogP contribution in [0, 0.1) is 17.7 Å². The predicted molar refractivity (Wildman–Crippen MR) is 145 cm³/mol. The van der Waals surface area contributed by atoms with E-state index in [4.69, 9.17) is 26.4 Å². The Hall–Kier alpha value is -3.86. The van der Waals surface area contributed by atoms with Crippen LogP contribution in [-0.4, -0.2) is 67.6 Å². The Kier molecular flexibility index (Phi) is 8.93. The first-order valence-corrected chi connectivity index (χ1v) is 13.5. The molecule has 0 unspecified atom stereocenters. The number of piperidine rings is 1. The Morgan fingerprint density at radius 2 is 1.84 bits per heavy atom. The maximum absolute atomic E-state index is 12.9. The van der Waals surface area contributed by atoms with Gasteiger partial charge < -0.3 is 20.5 Å². The number of aliphatic carboxylic acids is 1. The van der Waals surface area contributed by atoms with Crippen molar-refractivity contribution in [3.63, 3.8) is 0 Å². The number of hydrogen-bond donors (Lipinski definition) is 4. The molecule has 0 aromatic heterocycles. The highest BCUT2D eigenvalue weighted by Crippen LogP contribution is 2.25. The Labute approximate surface area is 217 Å². The SMILES string of the molecule is CC(=N)N1CCC(Oc2ccc(N(C/C=C/c3cc(C)cc(C(=N)N)c3)S(=O)(=O)CC(=O)O)cc2)CC1. The molecule has 0 saturated carbocycles. The summed E-state index contributed by atoms with van der Waals surface area (Å²) in [4.78, 5) is 13.2. The average Bonchev–Trinajstić information content (AvgIpc) is 2.81. The fourth-order valence-electron chi connectivity index (χ4n) is 4.15. The molecule has 0 aliphatic carbocycles. The highest BCUT2D eigenvalue weighted by molar-refractivity contribution is 7.93. The topological polar surface area (TPSA) is 161 Å². The minimum atomic E-state index is -4.15. The molecule has 0 atom stereocenters. The standard InChI is InChI=1S/C26H33N5O5S/c1-18-14-20(16-21(15-18)26(28)29)4-3-11-31(37(34,35)17-25(32)33)22-5-7-23(8-6-22)36-24-9-12-30(13-10-24)19(2)27/h3-8,14-16,24,27H,9-13,17H2,1-2H3,(H3,28,29)(H,32,33)/b4-3+,27-19?. The van der Waals surface area contributed by atoms with Crippen LogP contribution < -0.4 is 14.8 Å². The summed E-state index contributed by atoms with van der Waals surface area (Å²) < 4.78 is 32.9. The van der Waals surface area contributed by atoms with Gasteiger partial charge in [-0.1, -0.05) is 18.2 Å². The number of carboxylic acid groups (broad SMARTS) is 1. The van der Waals surface area contributed by atoms with Gasteiger partial charge in [0.05, 0.1) is 18.1 Å².